The number of rotatable bonds is 2. The first-order valence-corrected chi connectivity index (χ1v) is 5.57. The number of benzene rings is 1. The lowest BCUT2D eigenvalue weighted by molar-refractivity contribution is 0.0996. The molecule has 4 N–H and O–H groups in total. The molecular formula is C9H6BrClN4O2. The number of aromatic amines is 1. The molecule has 88 valence electrons. The molecule has 0 bridgehead atoms. The van der Waals surface area contributed by atoms with E-state index in [1.165, 1.54) is 0 Å². The normalized spacial score (nSPS) is 10.5. The Labute approximate surface area is 109 Å². The number of hydrogen-bond donors (Lipinski definition) is 3. The molecule has 0 saturated heterocycles. The number of aromatic nitrogens is 3. The van der Waals surface area contributed by atoms with Gasteiger partial charge < -0.3 is 10.8 Å². The summed E-state index contributed by atoms with van der Waals surface area (Å²) in [6.45, 7) is 0. The fourth-order valence-corrected chi connectivity index (χ4v) is 1.92. The molecule has 0 aliphatic heterocycles. The van der Waals surface area contributed by atoms with Crippen LogP contribution in [0.25, 0.3) is 11.3 Å². The van der Waals surface area contributed by atoms with Crippen molar-refractivity contribution in [3.63, 3.8) is 0 Å². The molecule has 2 rings (SSSR count). The lowest BCUT2D eigenvalue weighted by Crippen LogP contribution is -2.12. The number of primary amides is 1. The molecule has 1 heterocycles. The number of hydrogen-bond acceptors (Lipinski definition) is 4. The highest BCUT2D eigenvalue weighted by molar-refractivity contribution is 9.10. The van der Waals surface area contributed by atoms with Crippen LogP contribution in [0.4, 0.5) is 0 Å². The molecule has 0 unspecified atom stereocenters. The van der Waals surface area contributed by atoms with Gasteiger partial charge in [-0.1, -0.05) is 11.6 Å². The summed E-state index contributed by atoms with van der Waals surface area (Å²) in [6, 6.07) is 3.13. The molecule has 1 aromatic carbocycles. The number of carbonyl (C=O) groups is 1. The molecule has 6 nitrogen and oxygen atoms in total. The topological polar surface area (TPSA) is 105 Å². The standard InChI is InChI=1S/C9H6BrClN4O2/c10-3-1-2-4(11)5(8(3)16)6-7(9(12)17)14-15-13-6/h1-2,16H,(H2,12,17)(H,13,14,15). The quantitative estimate of drug-likeness (QED) is 0.784. The van der Waals surface area contributed by atoms with Crippen molar-refractivity contribution in [2.45, 2.75) is 0 Å². The van der Waals surface area contributed by atoms with E-state index in [1.807, 2.05) is 0 Å². The lowest BCUT2D eigenvalue weighted by atomic mass is 10.1. The summed E-state index contributed by atoms with van der Waals surface area (Å²) >= 11 is 9.10. The minimum Gasteiger partial charge on any atom is -0.506 e. The number of halogens is 2. The van der Waals surface area contributed by atoms with Crippen LogP contribution < -0.4 is 5.73 Å². The lowest BCUT2D eigenvalue weighted by Gasteiger charge is -2.06. The molecule has 1 aromatic heterocycles. The van der Waals surface area contributed by atoms with Gasteiger partial charge in [0.15, 0.2) is 5.69 Å². The van der Waals surface area contributed by atoms with E-state index in [4.69, 9.17) is 17.3 Å². The van der Waals surface area contributed by atoms with Crippen LogP contribution in [0.1, 0.15) is 10.5 Å². The number of aromatic hydroxyl groups is 1. The van der Waals surface area contributed by atoms with E-state index in [0.29, 0.717) is 4.47 Å². The van der Waals surface area contributed by atoms with Gasteiger partial charge in [0.1, 0.15) is 11.4 Å². The second-order valence-electron chi connectivity index (χ2n) is 3.14. The monoisotopic (exact) mass is 316 g/mol. The van der Waals surface area contributed by atoms with Gasteiger partial charge in [0.2, 0.25) is 0 Å². The van der Waals surface area contributed by atoms with Gasteiger partial charge in [0.05, 0.1) is 15.1 Å². The summed E-state index contributed by atoms with van der Waals surface area (Å²) < 4.78 is 0.426. The minimum atomic E-state index is -0.760. The van der Waals surface area contributed by atoms with Crippen LogP contribution in [0, 0.1) is 0 Å². The highest BCUT2D eigenvalue weighted by Crippen LogP contribution is 2.40. The van der Waals surface area contributed by atoms with Crippen LogP contribution in [0.5, 0.6) is 5.75 Å². The van der Waals surface area contributed by atoms with Crippen molar-refractivity contribution >= 4 is 33.4 Å². The zero-order valence-electron chi connectivity index (χ0n) is 8.24. The van der Waals surface area contributed by atoms with Gasteiger partial charge in [-0.3, -0.25) is 4.79 Å². The van der Waals surface area contributed by atoms with E-state index >= 15 is 0 Å². The average molecular weight is 318 g/mol. The Hall–Kier alpha value is -1.60. The number of phenols is 1. The summed E-state index contributed by atoms with van der Waals surface area (Å²) in [5.74, 6) is -0.891. The second-order valence-corrected chi connectivity index (χ2v) is 4.40. The number of carbonyl (C=O) groups excluding carboxylic acids is 1. The van der Waals surface area contributed by atoms with Crippen LogP contribution in [-0.2, 0) is 0 Å². The maximum absolute atomic E-state index is 11.1. The van der Waals surface area contributed by atoms with Gasteiger partial charge in [-0.05, 0) is 28.1 Å². The Kier molecular flexibility index (Phi) is 3.03. The molecular weight excluding hydrogens is 311 g/mol. The van der Waals surface area contributed by atoms with Crippen molar-refractivity contribution in [2.24, 2.45) is 5.73 Å². The molecule has 17 heavy (non-hydrogen) atoms. The molecule has 1 amide bonds. The van der Waals surface area contributed by atoms with E-state index < -0.39 is 5.91 Å². The number of nitrogens with zero attached hydrogens (tertiary/aromatic N) is 2. The second kappa shape index (κ2) is 4.34. The summed E-state index contributed by atoms with van der Waals surface area (Å²) in [4.78, 5) is 11.1. The number of H-pyrrole nitrogens is 1. The number of nitrogens with two attached hydrogens (primary N) is 1. The molecule has 0 atom stereocenters. The van der Waals surface area contributed by atoms with Crippen molar-refractivity contribution in [1.82, 2.24) is 15.4 Å². The Bertz CT molecular complexity index is 599. The average Bonchev–Trinajstić information content (AvgIpc) is 2.73. The van der Waals surface area contributed by atoms with Crippen LogP contribution in [0.15, 0.2) is 16.6 Å². The molecule has 0 fully saturated rings. The largest absolute Gasteiger partial charge is 0.506 e. The van der Waals surface area contributed by atoms with E-state index in [9.17, 15) is 9.90 Å². The molecule has 0 spiro atoms. The van der Waals surface area contributed by atoms with Gasteiger partial charge in [-0.25, -0.2) is 0 Å². The SMILES string of the molecule is NC(=O)c1n[nH]nc1-c1c(Cl)ccc(Br)c1O. The first-order valence-electron chi connectivity index (χ1n) is 4.40. The third-order valence-corrected chi connectivity index (χ3v) is 3.05. The smallest absolute Gasteiger partial charge is 0.271 e. The van der Waals surface area contributed by atoms with Crippen LogP contribution >= 0.6 is 27.5 Å². The van der Waals surface area contributed by atoms with Crippen molar-refractivity contribution in [3.05, 3.63) is 27.3 Å². The molecule has 0 aliphatic rings. The van der Waals surface area contributed by atoms with Crippen molar-refractivity contribution in [2.75, 3.05) is 0 Å². The summed E-state index contributed by atoms with van der Waals surface area (Å²) in [5, 5.41) is 19.8. The minimum absolute atomic E-state index is 0.0831. The first-order chi connectivity index (χ1) is 8.02. The maximum atomic E-state index is 11.1. The predicted octanol–water partition coefficient (Wildman–Crippen LogP) is 1.69. The molecule has 8 heteroatoms. The Balaban J connectivity index is 2.72. The zero-order valence-corrected chi connectivity index (χ0v) is 10.6. The van der Waals surface area contributed by atoms with Crippen molar-refractivity contribution in [3.8, 4) is 17.0 Å². The van der Waals surface area contributed by atoms with Gasteiger partial charge in [0.25, 0.3) is 5.91 Å². The first kappa shape index (κ1) is 11.9. The Morgan fingerprint density at radius 2 is 2.18 bits per heavy atom. The van der Waals surface area contributed by atoms with E-state index in [-0.39, 0.29) is 27.7 Å². The molecule has 0 aliphatic carbocycles. The summed E-state index contributed by atoms with van der Waals surface area (Å²) in [6.07, 6.45) is 0. The summed E-state index contributed by atoms with van der Waals surface area (Å²) in [7, 11) is 0. The van der Waals surface area contributed by atoms with E-state index in [1.54, 1.807) is 12.1 Å². The van der Waals surface area contributed by atoms with Crippen molar-refractivity contribution in [1.29, 1.82) is 0 Å². The molecule has 0 saturated carbocycles. The van der Waals surface area contributed by atoms with E-state index in [0.717, 1.165) is 0 Å². The summed E-state index contributed by atoms with van der Waals surface area (Å²) in [5.41, 5.74) is 5.36. The predicted molar refractivity (Wildman–Crippen MR) is 64.7 cm³/mol. The van der Waals surface area contributed by atoms with Crippen LogP contribution in [-0.4, -0.2) is 26.4 Å². The highest BCUT2D eigenvalue weighted by Gasteiger charge is 2.21. The fourth-order valence-electron chi connectivity index (χ4n) is 1.34. The molecule has 2 aromatic rings. The Morgan fingerprint density at radius 1 is 1.47 bits per heavy atom. The Morgan fingerprint density at radius 3 is 2.82 bits per heavy atom. The third-order valence-electron chi connectivity index (χ3n) is 2.10. The van der Waals surface area contributed by atoms with Gasteiger partial charge >= 0.3 is 0 Å². The van der Waals surface area contributed by atoms with Crippen LogP contribution in [0.3, 0.4) is 0 Å². The molecule has 0 radical (unpaired) electrons. The van der Waals surface area contributed by atoms with Crippen LogP contribution in [0.2, 0.25) is 5.02 Å². The number of phenolic OH excluding ortho intramolecular Hbond substituents is 1. The van der Waals surface area contributed by atoms with E-state index in [2.05, 4.69) is 31.3 Å². The number of nitrogens with one attached hydrogen (secondary N) is 1. The van der Waals surface area contributed by atoms with Gasteiger partial charge in [-0.15, -0.1) is 0 Å². The number of amides is 1. The maximum Gasteiger partial charge on any atom is 0.271 e. The van der Waals surface area contributed by atoms with Gasteiger partial charge in [-0.2, -0.15) is 15.4 Å². The van der Waals surface area contributed by atoms with Crippen molar-refractivity contribution < 1.29 is 9.90 Å². The van der Waals surface area contributed by atoms with Gasteiger partial charge in [0, 0.05) is 0 Å². The third kappa shape index (κ3) is 1.98. The fraction of sp³-hybridized carbons (Fsp3) is 0. The highest BCUT2D eigenvalue weighted by atomic mass is 79.9. The zero-order chi connectivity index (χ0) is 12.6.